The topological polar surface area (TPSA) is 97.5 Å². The maximum atomic E-state index is 10.2. The number of hydrogen-bond acceptors (Lipinski definition) is 6. The van der Waals surface area contributed by atoms with Crippen molar-refractivity contribution in [2.24, 2.45) is 0 Å². The van der Waals surface area contributed by atoms with Crippen molar-refractivity contribution in [1.29, 1.82) is 5.26 Å². The van der Waals surface area contributed by atoms with Crippen LogP contribution in [0, 0.1) is 11.3 Å². The summed E-state index contributed by atoms with van der Waals surface area (Å²) in [5, 5.41) is 12.0. The Kier molecular flexibility index (Phi) is 3.92. The summed E-state index contributed by atoms with van der Waals surface area (Å²) in [6.45, 7) is 1.06. The zero-order valence-electron chi connectivity index (χ0n) is 11.6. The molecule has 0 saturated heterocycles. The van der Waals surface area contributed by atoms with Crippen molar-refractivity contribution >= 4 is 16.5 Å². The lowest BCUT2D eigenvalue weighted by Gasteiger charge is -2.32. The van der Waals surface area contributed by atoms with E-state index in [1.54, 1.807) is 42.5 Å². The Balaban J connectivity index is 1.93. The molecule has 0 amide bonds. The average Bonchev–Trinajstić information content (AvgIpc) is 2.66. The highest BCUT2D eigenvalue weighted by Gasteiger charge is 2.22. The smallest absolute Gasteiger partial charge is 0.129 e. The molecule has 1 aliphatic rings. The quantitative estimate of drug-likeness (QED) is 0.678. The molecule has 7 heteroatoms. The number of nitriles is 1. The number of nitrogens with one attached hydrogen (secondary N) is 2. The Labute approximate surface area is 129 Å². The van der Waals surface area contributed by atoms with Crippen LogP contribution in [0.1, 0.15) is 5.56 Å². The van der Waals surface area contributed by atoms with Crippen molar-refractivity contribution in [2.75, 3.05) is 18.4 Å². The van der Waals surface area contributed by atoms with Gasteiger partial charge in [-0.25, -0.2) is 4.72 Å². The lowest BCUT2D eigenvalue weighted by molar-refractivity contribution is 0.466. The molecule has 0 unspecified atom stereocenters. The van der Waals surface area contributed by atoms with E-state index in [1.807, 2.05) is 6.07 Å². The summed E-state index contributed by atoms with van der Waals surface area (Å²) in [4.78, 5) is 0.374. The van der Waals surface area contributed by atoms with Crippen molar-refractivity contribution < 1.29 is 13.8 Å². The van der Waals surface area contributed by atoms with Crippen LogP contribution in [-0.2, 0) is 0 Å². The van der Waals surface area contributed by atoms with Crippen LogP contribution in [0.15, 0.2) is 47.4 Å². The number of fused-ring (bicyclic) bond motifs is 1. The van der Waals surface area contributed by atoms with E-state index < -0.39 is 10.8 Å². The van der Waals surface area contributed by atoms with Crippen LogP contribution in [0.3, 0.4) is 0 Å². The van der Waals surface area contributed by atoms with Crippen LogP contribution in [0.2, 0.25) is 0 Å². The maximum Gasteiger partial charge on any atom is 0.129 e. The molecule has 6 nitrogen and oxygen atoms in total. The molecule has 1 aliphatic heterocycles. The molecule has 0 spiro atoms. The van der Waals surface area contributed by atoms with Crippen molar-refractivity contribution in [1.82, 2.24) is 4.72 Å². The van der Waals surface area contributed by atoms with Crippen molar-refractivity contribution in [3.63, 3.8) is 0 Å². The summed E-state index contributed by atoms with van der Waals surface area (Å²) in [6.07, 6.45) is 0. The van der Waals surface area contributed by atoms with Gasteiger partial charge in [-0.15, -0.1) is 10.8 Å². The first-order valence-electron chi connectivity index (χ1n) is 6.67. The summed E-state index contributed by atoms with van der Waals surface area (Å²) in [6, 6.07) is 13.9. The maximum absolute atomic E-state index is 10.2. The molecule has 0 aromatic heterocycles. The number of rotatable bonds is 2. The summed E-state index contributed by atoms with van der Waals surface area (Å²) in [7, 11) is -3.05. The van der Waals surface area contributed by atoms with Gasteiger partial charge in [-0.05, 0) is 30.3 Å². The zero-order chi connectivity index (χ0) is 15.6. The zero-order valence-corrected chi connectivity index (χ0v) is 12.4. The molecule has 0 aliphatic carbocycles. The van der Waals surface area contributed by atoms with Gasteiger partial charge in [-0.3, -0.25) is 9.11 Å². The fourth-order valence-electron chi connectivity index (χ4n) is 2.18. The van der Waals surface area contributed by atoms with Gasteiger partial charge >= 0.3 is 0 Å². The Morgan fingerprint density at radius 1 is 1.09 bits per heavy atom. The van der Waals surface area contributed by atoms with Crippen molar-refractivity contribution in [3.05, 3.63) is 48.0 Å². The van der Waals surface area contributed by atoms with E-state index in [-0.39, 0.29) is 0 Å². The van der Waals surface area contributed by atoms with E-state index >= 15 is 0 Å². The van der Waals surface area contributed by atoms with Gasteiger partial charge in [0, 0.05) is 19.2 Å². The fraction of sp³-hybridized carbons (Fsp3) is 0.133. The molecule has 0 bridgehead atoms. The Morgan fingerprint density at radius 3 is 2.73 bits per heavy atom. The Morgan fingerprint density at radius 2 is 1.91 bits per heavy atom. The molecule has 22 heavy (non-hydrogen) atoms. The van der Waals surface area contributed by atoms with E-state index in [9.17, 15) is 9.11 Å². The molecule has 1 heterocycles. The number of nitrogens with zero attached hydrogens (tertiary/aromatic N) is 1. The third-order valence-corrected chi connectivity index (χ3v) is 4.76. The molecular weight excluding hydrogens is 302 g/mol. The molecule has 0 fully saturated rings. The largest absolute Gasteiger partial charge is 0.457 e. The number of benzene rings is 2. The minimum atomic E-state index is -3.05. The van der Waals surface area contributed by atoms with Gasteiger partial charge in [0.05, 0.1) is 17.3 Å². The minimum absolute atomic E-state index is 0.374. The van der Waals surface area contributed by atoms with Gasteiger partial charge < -0.3 is 10.1 Å². The van der Waals surface area contributed by atoms with Crippen LogP contribution >= 0.6 is 10.8 Å². The first-order valence-corrected chi connectivity index (χ1v) is 8.22. The SMILES string of the molecule is N#Cc1cccc(Oc2ccc3c(c2)S(O)(O)NCCN3)c1. The van der Waals surface area contributed by atoms with Gasteiger partial charge in [-0.2, -0.15) is 5.26 Å². The first-order chi connectivity index (χ1) is 10.6. The molecule has 2 aromatic rings. The van der Waals surface area contributed by atoms with Gasteiger partial charge in [0.25, 0.3) is 0 Å². The van der Waals surface area contributed by atoms with Crippen LogP contribution in [0.5, 0.6) is 11.5 Å². The predicted molar refractivity (Wildman–Crippen MR) is 85.3 cm³/mol. The second-order valence-corrected chi connectivity index (χ2v) is 6.60. The molecule has 4 N–H and O–H groups in total. The third kappa shape index (κ3) is 3.00. The lowest BCUT2D eigenvalue weighted by Crippen LogP contribution is -2.22. The summed E-state index contributed by atoms with van der Waals surface area (Å²) < 4.78 is 28.8. The summed E-state index contributed by atoms with van der Waals surface area (Å²) in [5.41, 5.74) is 1.17. The fourth-order valence-corrected chi connectivity index (χ4v) is 3.45. The number of anilines is 1. The molecular formula is C15H15N3O3S. The third-order valence-electron chi connectivity index (χ3n) is 3.20. The van der Waals surface area contributed by atoms with Crippen molar-refractivity contribution in [2.45, 2.75) is 4.90 Å². The summed E-state index contributed by atoms with van der Waals surface area (Å²) >= 11 is 0. The van der Waals surface area contributed by atoms with Gasteiger partial charge in [0.15, 0.2) is 0 Å². The van der Waals surface area contributed by atoms with Crippen molar-refractivity contribution in [3.8, 4) is 17.6 Å². The van der Waals surface area contributed by atoms with Gasteiger partial charge in [0.1, 0.15) is 16.4 Å². The molecule has 0 radical (unpaired) electrons. The lowest BCUT2D eigenvalue weighted by atomic mass is 10.2. The molecule has 114 valence electrons. The van der Waals surface area contributed by atoms with E-state index in [2.05, 4.69) is 10.0 Å². The van der Waals surface area contributed by atoms with Crippen LogP contribution in [0.25, 0.3) is 0 Å². The molecule has 3 rings (SSSR count). The van der Waals surface area contributed by atoms with E-state index in [1.165, 1.54) is 0 Å². The second kappa shape index (κ2) is 5.87. The highest BCUT2D eigenvalue weighted by atomic mass is 32.3. The highest BCUT2D eigenvalue weighted by molar-refractivity contribution is 8.22. The molecule has 2 aromatic carbocycles. The van der Waals surface area contributed by atoms with E-state index in [0.717, 1.165) is 0 Å². The van der Waals surface area contributed by atoms with Gasteiger partial charge in [0.2, 0.25) is 0 Å². The Bertz CT molecular complexity index is 743. The standard InChI is InChI=1S/C15H15N3O3S/c16-10-11-2-1-3-12(8-11)21-13-4-5-14-15(9-13)22(19,20)18-7-6-17-14/h1-5,8-9,17-20H,6-7H2. The molecule has 0 saturated carbocycles. The second-order valence-electron chi connectivity index (χ2n) is 4.77. The minimum Gasteiger partial charge on any atom is -0.457 e. The van der Waals surface area contributed by atoms with Crippen LogP contribution in [-0.4, -0.2) is 22.2 Å². The van der Waals surface area contributed by atoms with Crippen LogP contribution < -0.4 is 14.8 Å². The average molecular weight is 317 g/mol. The van der Waals surface area contributed by atoms with E-state index in [4.69, 9.17) is 10.00 Å². The van der Waals surface area contributed by atoms with E-state index in [0.29, 0.717) is 40.7 Å². The van der Waals surface area contributed by atoms with Crippen LogP contribution in [0.4, 0.5) is 5.69 Å². The number of ether oxygens (including phenoxy) is 1. The highest BCUT2D eigenvalue weighted by Crippen LogP contribution is 2.50. The summed E-state index contributed by atoms with van der Waals surface area (Å²) in [5.74, 6) is 0.990. The Hall–Kier alpha value is -2.24. The monoisotopic (exact) mass is 317 g/mol. The number of hydrogen-bond donors (Lipinski definition) is 4. The first kappa shape index (κ1) is 14.7. The molecule has 0 atom stereocenters. The van der Waals surface area contributed by atoms with Gasteiger partial charge in [-0.1, -0.05) is 6.07 Å². The predicted octanol–water partition coefficient (Wildman–Crippen LogP) is 3.39. The normalized spacial score (nSPS) is 17.3.